The third kappa shape index (κ3) is 3.21. The van der Waals surface area contributed by atoms with Gasteiger partial charge in [-0.25, -0.2) is 0 Å². The van der Waals surface area contributed by atoms with Crippen molar-refractivity contribution in [2.75, 3.05) is 0 Å². The molecule has 1 amide bonds. The lowest BCUT2D eigenvalue weighted by molar-refractivity contribution is -0.120. The molecule has 0 spiro atoms. The molecular weight excluding hydrogens is 320 g/mol. The molecule has 2 N–H and O–H groups in total. The molecule has 4 rings (SSSR count). The van der Waals surface area contributed by atoms with Crippen LogP contribution in [0.25, 0.3) is 21.8 Å². The summed E-state index contributed by atoms with van der Waals surface area (Å²) < 4.78 is 0. The molecule has 0 aliphatic heterocycles. The molecular formula is C23H22N2O. The summed E-state index contributed by atoms with van der Waals surface area (Å²) in [5, 5.41) is 5.43. The van der Waals surface area contributed by atoms with E-state index in [0.717, 1.165) is 22.2 Å². The Morgan fingerprint density at radius 3 is 2.46 bits per heavy atom. The molecule has 3 heteroatoms. The van der Waals surface area contributed by atoms with E-state index in [0.29, 0.717) is 13.0 Å². The number of para-hydroxylation sites is 1. The lowest BCUT2D eigenvalue weighted by atomic mass is 10.1. The maximum absolute atomic E-state index is 12.3. The summed E-state index contributed by atoms with van der Waals surface area (Å²) in [6.07, 6.45) is 0.385. The SMILES string of the molecule is Cc1ccc(CNC(=O)Cc2ccc3c(c2)[nH]c2ccccc23)cc1C. The second kappa shape index (κ2) is 6.68. The summed E-state index contributed by atoms with van der Waals surface area (Å²) in [6, 6.07) is 20.8. The summed E-state index contributed by atoms with van der Waals surface area (Å²) in [5.74, 6) is 0.0405. The van der Waals surface area contributed by atoms with Crippen molar-refractivity contribution in [1.29, 1.82) is 0 Å². The first-order chi connectivity index (χ1) is 12.6. The van der Waals surface area contributed by atoms with Gasteiger partial charge in [-0.1, -0.05) is 48.5 Å². The average Bonchev–Trinajstić information content (AvgIpc) is 3.00. The number of carbonyl (C=O) groups excluding carboxylic acids is 1. The van der Waals surface area contributed by atoms with Gasteiger partial charge in [0, 0.05) is 28.4 Å². The minimum atomic E-state index is 0.0405. The molecule has 3 nitrogen and oxygen atoms in total. The molecule has 1 aromatic heterocycles. The lowest BCUT2D eigenvalue weighted by Gasteiger charge is -2.08. The van der Waals surface area contributed by atoms with Crippen LogP contribution in [-0.2, 0) is 17.8 Å². The summed E-state index contributed by atoms with van der Waals surface area (Å²) in [6.45, 7) is 4.75. The zero-order chi connectivity index (χ0) is 18.1. The average molecular weight is 342 g/mol. The highest BCUT2D eigenvalue weighted by Gasteiger charge is 2.08. The molecule has 0 saturated carbocycles. The van der Waals surface area contributed by atoms with Crippen molar-refractivity contribution in [1.82, 2.24) is 10.3 Å². The Bertz CT molecular complexity index is 1110. The van der Waals surface area contributed by atoms with Crippen molar-refractivity contribution in [3.05, 3.63) is 82.9 Å². The van der Waals surface area contributed by atoms with E-state index in [1.54, 1.807) is 0 Å². The molecule has 0 fully saturated rings. The first-order valence-corrected chi connectivity index (χ1v) is 8.92. The Labute approximate surface area is 153 Å². The molecule has 0 atom stereocenters. The molecule has 0 aliphatic carbocycles. The maximum atomic E-state index is 12.3. The van der Waals surface area contributed by atoms with Gasteiger partial charge in [0.1, 0.15) is 0 Å². The lowest BCUT2D eigenvalue weighted by Crippen LogP contribution is -2.24. The first-order valence-electron chi connectivity index (χ1n) is 8.92. The topological polar surface area (TPSA) is 44.9 Å². The van der Waals surface area contributed by atoms with Crippen LogP contribution in [0.3, 0.4) is 0 Å². The summed E-state index contributed by atoms with van der Waals surface area (Å²) >= 11 is 0. The Hall–Kier alpha value is -3.07. The minimum Gasteiger partial charge on any atom is -0.355 e. The van der Waals surface area contributed by atoms with Gasteiger partial charge in [-0.15, -0.1) is 0 Å². The number of hydrogen-bond donors (Lipinski definition) is 2. The van der Waals surface area contributed by atoms with E-state index in [9.17, 15) is 4.79 Å². The largest absolute Gasteiger partial charge is 0.355 e. The zero-order valence-electron chi connectivity index (χ0n) is 15.1. The number of rotatable bonds is 4. The fraction of sp³-hybridized carbons (Fsp3) is 0.174. The second-order valence-electron chi connectivity index (χ2n) is 6.92. The van der Waals surface area contributed by atoms with Crippen molar-refractivity contribution in [2.45, 2.75) is 26.8 Å². The number of benzene rings is 3. The van der Waals surface area contributed by atoms with Crippen molar-refractivity contribution < 1.29 is 4.79 Å². The summed E-state index contributed by atoms with van der Waals surface area (Å²) in [5.41, 5.74) is 6.87. The van der Waals surface area contributed by atoms with Crippen LogP contribution in [0.15, 0.2) is 60.7 Å². The van der Waals surface area contributed by atoms with Crippen molar-refractivity contribution in [3.63, 3.8) is 0 Å². The number of carbonyl (C=O) groups is 1. The number of fused-ring (bicyclic) bond motifs is 3. The van der Waals surface area contributed by atoms with Gasteiger partial charge in [-0.3, -0.25) is 4.79 Å². The number of aromatic amines is 1. The number of H-pyrrole nitrogens is 1. The Kier molecular flexibility index (Phi) is 4.21. The third-order valence-corrected chi connectivity index (χ3v) is 5.00. The van der Waals surface area contributed by atoms with Crippen LogP contribution >= 0.6 is 0 Å². The fourth-order valence-electron chi connectivity index (χ4n) is 3.37. The molecule has 0 radical (unpaired) electrons. The van der Waals surface area contributed by atoms with E-state index < -0.39 is 0 Å². The summed E-state index contributed by atoms with van der Waals surface area (Å²) in [4.78, 5) is 15.8. The van der Waals surface area contributed by atoms with E-state index in [1.165, 1.54) is 21.9 Å². The number of aromatic nitrogens is 1. The van der Waals surface area contributed by atoms with Crippen LogP contribution in [0.4, 0.5) is 0 Å². The van der Waals surface area contributed by atoms with Gasteiger partial charge in [0.05, 0.1) is 6.42 Å². The molecule has 1 heterocycles. The van der Waals surface area contributed by atoms with Gasteiger partial charge in [0.2, 0.25) is 5.91 Å². The molecule has 26 heavy (non-hydrogen) atoms. The predicted molar refractivity (Wildman–Crippen MR) is 107 cm³/mol. The van der Waals surface area contributed by atoms with Crippen molar-refractivity contribution in [3.8, 4) is 0 Å². The number of amides is 1. The van der Waals surface area contributed by atoms with E-state index in [-0.39, 0.29) is 5.91 Å². The highest BCUT2D eigenvalue weighted by Crippen LogP contribution is 2.25. The smallest absolute Gasteiger partial charge is 0.224 e. The van der Waals surface area contributed by atoms with Gasteiger partial charge in [0.25, 0.3) is 0 Å². The van der Waals surface area contributed by atoms with Gasteiger partial charge in [-0.2, -0.15) is 0 Å². The molecule has 0 saturated heterocycles. The third-order valence-electron chi connectivity index (χ3n) is 5.00. The van der Waals surface area contributed by atoms with Crippen LogP contribution in [0, 0.1) is 13.8 Å². The van der Waals surface area contributed by atoms with Gasteiger partial charge >= 0.3 is 0 Å². The number of aryl methyl sites for hydroxylation is 2. The minimum absolute atomic E-state index is 0.0405. The molecule has 4 aromatic rings. The first kappa shape index (κ1) is 16.4. The van der Waals surface area contributed by atoms with E-state index in [1.807, 2.05) is 18.2 Å². The van der Waals surface area contributed by atoms with Crippen molar-refractivity contribution in [2.24, 2.45) is 0 Å². The Morgan fingerprint density at radius 1 is 0.846 bits per heavy atom. The quantitative estimate of drug-likeness (QED) is 0.550. The summed E-state index contributed by atoms with van der Waals surface area (Å²) in [7, 11) is 0. The highest BCUT2D eigenvalue weighted by atomic mass is 16.1. The maximum Gasteiger partial charge on any atom is 0.224 e. The Balaban J connectivity index is 1.46. The molecule has 0 unspecified atom stereocenters. The van der Waals surface area contributed by atoms with Crippen LogP contribution in [0.2, 0.25) is 0 Å². The normalized spacial score (nSPS) is 11.2. The zero-order valence-corrected chi connectivity index (χ0v) is 15.1. The Morgan fingerprint density at radius 2 is 1.62 bits per heavy atom. The van der Waals surface area contributed by atoms with Crippen LogP contribution in [0.5, 0.6) is 0 Å². The van der Waals surface area contributed by atoms with Gasteiger partial charge < -0.3 is 10.3 Å². The monoisotopic (exact) mass is 342 g/mol. The van der Waals surface area contributed by atoms with E-state index >= 15 is 0 Å². The van der Waals surface area contributed by atoms with Gasteiger partial charge in [-0.05, 0) is 48.2 Å². The molecule has 0 bridgehead atoms. The van der Waals surface area contributed by atoms with E-state index in [4.69, 9.17) is 0 Å². The number of nitrogens with one attached hydrogen (secondary N) is 2. The molecule has 3 aromatic carbocycles. The molecule has 0 aliphatic rings. The number of hydrogen-bond acceptors (Lipinski definition) is 1. The van der Waals surface area contributed by atoms with Crippen LogP contribution < -0.4 is 5.32 Å². The van der Waals surface area contributed by atoms with E-state index in [2.05, 4.69) is 66.6 Å². The fourth-order valence-corrected chi connectivity index (χ4v) is 3.37. The van der Waals surface area contributed by atoms with Crippen LogP contribution in [-0.4, -0.2) is 10.9 Å². The highest BCUT2D eigenvalue weighted by molar-refractivity contribution is 6.07. The van der Waals surface area contributed by atoms with Crippen molar-refractivity contribution >= 4 is 27.7 Å². The predicted octanol–water partition coefficient (Wildman–Crippen LogP) is 4.80. The van der Waals surface area contributed by atoms with Gasteiger partial charge in [0.15, 0.2) is 0 Å². The molecule has 130 valence electrons. The second-order valence-corrected chi connectivity index (χ2v) is 6.92. The van der Waals surface area contributed by atoms with Crippen LogP contribution in [0.1, 0.15) is 22.3 Å². The standard InChI is InChI=1S/C23H22N2O/c1-15-7-8-18(11-16(15)2)14-24-23(26)13-17-9-10-20-19-5-3-4-6-21(19)25-22(20)12-17/h3-12,25H,13-14H2,1-2H3,(H,24,26).